The molecule has 0 saturated heterocycles. The molecule has 3 aromatic carbocycles. The molecule has 1 atom stereocenters. The maximum absolute atomic E-state index is 4.53. The molecule has 1 aliphatic carbocycles. The summed E-state index contributed by atoms with van der Waals surface area (Å²) in [5, 5.41) is 1.33. The molecule has 0 fully saturated rings. The van der Waals surface area contributed by atoms with Crippen LogP contribution < -0.4 is 4.90 Å². The Kier molecular flexibility index (Phi) is 3.95. The number of anilines is 1. The van der Waals surface area contributed by atoms with Crippen LogP contribution in [0.1, 0.15) is 29.5 Å². The Labute approximate surface area is 165 Å². The molecule has 1 nitrogen and oxygen atoms in total. The fourth-order valence-corrected chi connectivity index (χ4v) is 5.62. The minimum atomic E-state index is 0.237. The van der Waals surface area contributed by atoms with E-state index in [0.717, 1.165) is 12.1 Å². The summed E-state index contributed by atoms with van der Waals surface area (Å²) in [6.45, 7) is 7.71. The zero-order chi connectivity index (χ0) is 18.4. The van der Waals surface area contributed by atoms with E-state index in [1.165, 1.54) is 37.9 Å². The summed E-state index contributed by atoms with van der Waals surface area (Å²) in [4.78, 5) is 3.78. The maximum atomic E-state index is 4.53. The van der Waals surface area contributed by atoms with Crippen LogP contribution in [-0.2, 0) is 0 Å². The molecule has 27 heavy (non-hydrogen) atoms. The van der Waals surface area contributed by atoms with Gasteiger partial charge in [0.1, 0.15) is 0 Å². The van der Waals surface area contributed by atoms with Crippen molar-refractivity contribution >= 4 is 23.0 Å². The van der Waals surface area contributed by atoms with Crippen LogP contribution in [0, 0.1) is 0 Å². The summed E-state index contributed by atoms with van der Waals surface area (Å²) in [7, 11) is 0. The largest absolute Gasteiger partial charge is 0.335 e. The number of rotatable bonds is 2. The first-order chi connectivity index (χ1) is 13.3. The third kappa shape index (κ3) is 2.48. The molecule has 3 aromatic rings. The molecule has 1 heterocycles. The molecule has 0 spiro atoms. The molecule has 0 bridgehead atoms. The number of para-hydroxylation sites is 1. The number of allylic oxidation sites excluding steroid dienone is 2. The Hall–Kier alpha value is -2.71. The standard InChI is InChI=1S/C25H21NS/c1-3-26-21-15-9-10-16-22(21)27-25(26)23-17(2)19-13-7-8-14-20(19)24(23)18-11-5-4-6-12-18/h4-16,24H,2-3H2,1H3/b25-23+. The Balaban J connectivity index is 1.76. The fraction of sp³-hybridized carbons (Fsp3) is 0.120. The minimum Gasteiger partial charge on any atom is -0.335 e. The first-order valence-electron chi connectivity index (χ1n) is 9.41. The van der Waals surface area contributed by atoms with E-state index in [1.807, 2.05) is 11.8 Å². The van der Waals surface area contributed by atoms with Crippen LogP contribution in [0.4, 0.5) is 5.69 Å². The summed E-state index contributed by atoms with van der Waals surface area (Å²) >= 11 is 1.88. The van der Waals surface area contributed by atoms with Crippen LogP contribution in [0.15, 0.2) is 101 Å². The van der Waals surface area contributed by atoms with Crippen molar-refractivity contribution in [2.24, 2.45) is 0 Å². The molecule has 0 saturated carbocycles. The SMILES string of the molecule is C=C1/C(=C2\Sc3ccccc3N2CC)C(c2ccccc2)c2ccccc21. The van der Waals surface area contributed by atoms with Crippen LogP contribution in [-0.4, -0.2) is 6.54 Å². The lowest BCUT2D eigenvalue weighted by Crippen LogP contribution is -2.19. The Bertz CT molecular complexity index is 1060. The first kappa shape index (κ1) is 16.5. The third-order valence-corrected chi connectivity index (χ3v) is 6.70. The van der Waals surface area contributed by atoms with Gasteiger partial charge in [-0.2, -0.15) is 0 Å². The quantitative estimate of drug-likeness (QED) is 0.496. The summed E-state index contributed by atoms with van der Waals surface area (Å²) in [5.74, 6) is 0.237. The van der Waals surface area contributed by atoms with Gasteiger partial charge in [-0.25, -0.2) is 0 Å². The molecule has 5 rings (SSSR count). The topological polar surface area (TPSA) is 3.24 Å². The minimum absolute atomic E-state index is 0.237. The van der Waals surface area contributed by atoms with E-state index in [9.17, 15) is 0 Å². The molecule has 1 unspecified atom stereocenters. The fourth-order valence-electron chi connectivity index (χ4n) is 4.29. The van der Waals surface area contributed by atoms with E-state index in [4.69, 9.17) is 0 Å². The highest BCUT2D eigenvalue weighted by atomic mass is 32.2. The highest BCUT2D eigenvalue weighted by Crippen LogP contribution is 2.56. The lowest BCUT2D eigenvalue weighted by molar-refractivity contribution is 0.954. The van der Waals surface area contributed by atoms with E-state index >= 15 is 0 Å². The number of nitrogens with zero attached hydrogens (tertiary/aromatic N) is 1. The molecule has 0 amide bonds. The Morgan fingerprint density at radius 2 is 1.59 bits per heavy atom. The van der Waals surface area contributed by atoms with Crippen molar-refractivity contribution in [2.75, 3.05) is 11.4 Å². The third-order valence-electron chi connectivity index (χ3n) is 5.50. The summed E-state index contributed by atoms with van der Waals surface area (Å²) in [5.41, 5.74) is 7.80. The normalized spacial score (nSPS) is 20.7. The van der Waals surface area contributed by atoms with Crippen molar-refractivity contribution in [3.63, 3.8) is 0 Å². The molecule has 0 radical (unpaired) electrons. The van der Waals surface area contributed by atoms with Gasteiger partial charge in [0.25, 0.3) is 0 Å². The second kappa shape index (κ2) is 6.47. The van der Waals surface area contributed by atoms with Gasteiger partial charge in [0.15, 0.2) is 0 Å². The van der Waals surface area contributed by atoms with Crippen molar-refractivity contribution in [1.29, 1.82) is 0 Å². The van der Waals surface area contributed by atoms with Gasteiger partial charge in [-0.15, -0.1) is 0 Å². The smallest absolute Gasteiger partial charge is 0.0849 e. The average molecular weight is 368 g/mol. The monoisotopic (exact) mass is 367 g/mol. The zero-order valence-electron chi connectivity index (χ0n) is 15.4. The molecule has 0 N–H and O–H groups in total. The second-order valence-corrected chi connectivity index (χ2v) is 7.97. The molecule has 1 aliphatic heterocycles. The number of thioether (sulfide) groups is 1. The van der Waals surface area contributed by atoms with Crippen molar-refractivity contribution < 1.29 is 0 Å². The van der Waals surface area contributed by atoms with Gasteiger partial charge >= 0.3 is 0 Å². The van der Waals surface area contributed by atoms with Gasteiger partial charge in [0.05, 0.1) is 10.7 Å². The van der Waals surface area contributed by atoms with E-state index in [2.05, 4.69) is 97.3 Å². The van der Waals surface area contributed by atoms with Crippen LogP contribution >= 0.6 is 11.8 Å². The molecule has 132 valence electrons. The van der Waals surface area contributed by atoms with Gasteiger partial charge in [-0.05, 0) is 41.3 Å². The molecule has 0 aromatic heterocycles. The maximum Gasteiger partial charge on any atom is 0.0849 e. The van der Waals surface area contributed by atoms with Gasteiger partial charge in [0.2, 0.25) is 0 Å². The van der Waals surface area contributed by atoms with Crippen molar-refractivity contribution in [1.82, 2.24) is 0 Å². The van der Waals surface area contributed by atoms with E-state index in [-0.39, 0.29) is 5.92 Å². The average Bonchev–Trinajstić information content (AvgIpc) is 3.23. The lowest BCUT2D eigenvalue weighted by atomic mass is 9.89. The highest BCUT2D eigenvalue weighted by Gasteiger charge is 2.37. The van der Waals surface area contributed by atoms with Crippen molar-refractivity contribution in [2.45, 2.75) is 17.7 Å². The second-order valence-electron chi connectivity index (χ2n) is 6.94. The lowest BCUT2D eigenvalue weighted by Gasteiger charge is -2.24. The van der Waals surface area contributed by atoms with Crippen LogP contribution in [0.25, 0.3) is 5.57 Å². The van der Waals surface area contributed by atoms with E-state index < -0.39 is 0 Å². The first-order valence-corrected chi connectivity index (χ1v) is 10.2. The molecular formula is C25H21NS. The molecular weight excluding hydrogens is 346 g/mol. The summed E-state index contributed by atoms with van der Waals surface area (Å²) in [6.07, 6.45) is 0. The van der Waals surface area contributed by atoms with Crippen LogP contribution in [0.3, 0.4) is 0 Å². The Morgan fingerprint density at radius 3 is 2.41 bits per heavy atom. The van der Waals surface area contributed by atoms with E-state index in [1.54, 1.807) is 0 Å². The predicted octanol–water partition coefficient (Wildman–Crippen LogP) is 6.69. The zero-order valence-corrected chi connectivity index (χ0v) is 16.2. The number of benzene rings is 3. The Morgan fingerprint density at radius 1 is 0.889 bits per heavy atom. The highest BCUT2D eigenvalue weighted by molar-refractivity contribution is 8.03. The van der Waals surface area contributed by atoms with Crippen molar-refractivity contribution in [3.05, 3.63) is 113 Å². The summed E-state index contributed by atoms with van der Waals surface area (Å²) in [6, 6.07) is 28.3. The molecule has 2 aliphatic rings. The van der Waals surface area contributed by atoms with Gasteiger partial charge in [0, 0.05) is 22.9 Å². The van der Waals surface area contributed by atoms with Gasteiger partial charge < -0.3 is 4.90 Å². The van der Waals surface area contributed by atoms with E-state index in [0.29, 0.717) is 0 Å². The van der Waals surface area contributed by atoms with Crippen molar-refractivity contribution in [3.8, 4) is 0 Å². The number of hydrogen-bond acceptors (Lipinski definition) is 2. The predicted molar refractivity (Wildman–Crippen MR) is 116 cm³/mol. The molecule has 2 heteroatoms. The van der Waals surface area contributed by atoms with Crippen LogP contribution in [0.2, 0.25) is 0 Å². The van der Waals surface area contributed by atoms with Gasteiger partial charge in [-0.3, -0.25) is 0 Å². The van der Waals surface area contributed by atoms with Gasteiger partial charge in [-0.1, -0.05) is 85.1 Å². The number of fused-ring (bicyclic) bond motifs is 2. The van der Waals surface area contributed by atoms with Crippen LogP contribution in [0.5, 0.6) is 0 Å². The summed E-state index contributed by atoms with van der Waals surface area (Å²) < 4.78 is 0. The number of hydrogen-bond donors (Lipinski definition) is 0.